The number of amides is 1. The molecule has 0 saturated heterocycles. The van der Waals surface area contributed by atoms with Crippen molar-refractivity contribution in [3.05, 3.63) is 42.1 Å². The maximum atomic E-state index is 12.4. The van der Waals surface area contributed by atoms with Crippen molar-refractivity contribution in [3.63, 3.8) is 0 Å². The molecular formula is C23H29N3O2. The molecule has 2 unspecified atom stereocenters. The Morgan fingerprint density at radius 2 is 1.96 bits per heavy atom. The summed E-state index contributed by atoms with van der Waals surface area (Å²) < 4.78 is 0. The van der Waals surface area contributed by atoms with E-state index >= 15 is 0 Å². The van der Waals surface area contributed by atoms with Gasteiger partial charge in [0.15, 0.2) is 0 Å². The van der Waals surface area contributed by atoms with Gasteiger partial charge in [-0.2, -0.15) is 0 Å². The van der Waals surface area contributed by atoms with Gasteiger partial charge in [-0.1, -0.05) is 18.2 Å². The second-order valence-electron chi connectivity index (χ2n) is 9.14. The van der Waals surface area contributed by atoms with Gasteiger partial charge in [-0.25, -0.2) is 0 Å². The number of carbonyl (C=O) groups excluding carboxylic acids is 1. The lowest BCUT2D eigenvalue weighted by Gasteiger charge is -2.68. The van der Waals surface area contributed by atoms with Crippen LogP contribution < -0.4 is 10.6 Å². The molecule has 28 heavy (non-hydrogen) atoms. The molecule has 1 aromatic carbocycles. The van der Waals surface area contributed by atoms with Crippen LogP contribution in [0.1, 0.15) is 44.6 Å². The second-order valence-corrected chi connectivity index (χ2v) is 9.14. The molecule has 0 spiro atoms. The number of aliphatic hydroxyl groups excluding tert-OH is 1. The molecule has 0 radical (unpaired) electrons. The first-order valence-electron chi connectivity index (χ1n) is 10.6. The van der Waals surface area contributed by atoms with Gasteiger partial charge in [0, 0.05) is 30.5 Å². The second kappa shape index (κ2) is 6.53. The number of benzene rings is 1. The highest BCUT2D eigenvalue weighted by Gasteiger charge is 2.66. The highest BCUT2D eigenvalue weighted by atomic mass is 16.3. The third-order valence-corrected chi connectivity index (χ3v) is 7.59. The molecule has 4 bridgehead atoms. The van der Waals surface area contributed by atoms with E-state index in [-0.39, 0.29) is 17.9 Å². The molecule has 4 fully saturated rings. The Labute approximate surface area is 165 Å². The summed E-state index contributed by atoms with van der Waals surface area (Å²) in [5.74, 6) is 1.81. The molecule has 3 N–H and O–H groups in total. The van der Waals surface area contributed by atoms with Gasteiger partial charge in [-0.05, 0) is 67.6 Å². The predicted octanol–water partition coefficient (Wildman–Crippen LogP) is 2.73. The first-order valence-corrected chi connectivity index (χ1v) is 10.6. The maximum Gasteiger partial charge on any atom is 0.218 e. The van der Waals surface area contributed by atoms with Crippen LogP contribution in [0.2, 0.25) is 0 Å². The molecule has 148 valence electrons. The van der Waals surface area contributed by atoms with Gasteiger partial charge < -0.3 is 10.4 Å². The number of hydrogen-bond donors (Lipinski definition) is 3. The molecular weight excluding hydrogens is 350 g/mol. The summed E-state index contributed by atoms with van der Waals surface area (Å²) in [6.07, 6.45) is 7.62. The largest absolute Gasteiger partial charge is 0.395 e. The Hall–Kier alpha value is -1.98. The Balaban J connectivity index is 1.75. The molecule has 1 heterocycles. The molecule has 2 aromatic rings. The minimum atomic E-state index is -0.515. The number of hydrogen-bond acceptors (Lipinski definition) is 4. The van der Waals surface area contributed by atoms with Gasteiger partial charge in [0.25, 0.3) is 0 Å². The standard InChI is InChI=1S/C23H29N3O2/c1-15(28)26-23(25-8-9-27)18-11-16-10-17(12-18)14-22(23,13-16)20-5-2-6-21-19(20)4-3-7-24-21/h2-7,16-18,25,27H,8-14H2,1H3,(H,26,28)/t16?,17?,18?,22?,23-/m1/s1. The summed E-state index contributed by atoms with van der Waals surface area (Å²) in [7, 11) is 0. The van der Waals surface area contributed by atoms with Gasteiger partial charge in [-0.3, -0.25) is 15.1 Å². The average Bonchev–Trinajstić information content (AvgIpc) is 2.68. The number of rotatable bonds is 5. The number of nitrogens with zero attached hydrogens (tertiary/aromatic N) is 1. The number of aromatic nitrogens is 1. The van der Waals surface area contributed by atoms with Crippen molar-refractivity contribution < 1.29 is 9.90 Å². The summed E-state index contributed by atoms with van der Waals surface area (Å²) >= 11 is 0. The van der Waals surface area contributed by atoms with Crippen LogP contribution in [0.25, 0.3) is 10.9 Å². The summed E-state index contributed by atoms with van der Waals surface area (Å²) in [5.41, 5.74) is 1.62. The fourth-order valence-electron chi connectivity index (χ4n) is 7.10. The minimum absolute atomic E-state index is 0.00403. The van der Waals surface area contributed by atoms with Gasteiger partial charge in [-0.15, -0.1) is 0 Å². The van der Waals surface area contributed by atoms with E-state index in [1.165, 1.54) is 17.4 Å². The van der Waals surface area contributed by atoms with E-state index in [2.05, 4.69) is 39.9 Å². The number of nitrogens with one attached hydrogen (secondary N) is 2. The molecule has 5 heteroatoms. The molecule has 4 aliphatic carbocycles. The molecule has 3 atom stereocenters. The van der Waals surface area contributed by atoms with E-state index in [0.29, 0.717) is 24.3 Å². The van der Waals surface area contributed by atoms with Crippen molar-refractivity contribution in [1.29, 1.82) is 0 Å². The van der Waals surface area contributed by atoms with Crippen molar-refractivity contribution >= 4 is 16.8 Å². The molecule has 4 saturated carbocycles. The molecule has 5 nitrogen and oxygen atoms in total. The van der Waals surface area contributed by atoms with E-state index in [4.69, 9.17) is 0 Å². The van der Waals surface area contributed by atoms with E-state index in [1.807, 2.05) is 12.3 Å². The van der Waals surface area contributed by atoms with Crippen LogP contribution in [-0.4, -0.2) is 34.8 Å². The quantitative estimate of drug-likeness (QED) is 0.699. The van der Waals surface area contributed by atoms with E-state index in [0.717, 1.165) is 31.2 Å². The number of pyridine rings is 1. The number of fused-ring (bicyclic) bond motifs is 1. The molecule has 4 aliphatic rings. The van der Waals surface area contributed by atoms with Gasteiger partial charge >= 0.3 is 0 Å². The third-order valence-electron chi connectivity index (χ3n) is 7.59. The van der Waals surface area contributed by atoms with Gasteiger partial charge in [0.2, 0.25) is 5.91 Å². The zero-order valence-electron chi connectivity index (χ0n) is 16.4. The van der Waals surface area contributed by atoms with E-state index in [9.17, 15) is 9.90 Å². The van der Waals surface area contributed by atoms with Crippen molar-refractivity contribution in [2.75, 3.05) is 13.2 Å². The average molecular weight is 380 g/mol. The lowest BCUT2D eigenvalue weighted by Crippen LogP contribution is -2.79. The molecule has 0 aliphatic heterocycles. The summed E-state index contributed by atoms with van der Waals surface area (Å²) in [4.78, 5) is 17.0. The lowest BCUT2D eigenvalue weighted by atomic mass is 9.42. The van der Waals surface area contributed by atoms with Gasteiger partial charge in [0.1, 0.15) is 5.66 Å². The Kier molecular flexibility index (Phi) is 4.21. The highest BCUT2D eigenvalue weighted by molar-refractivity contribution is 5.84. The Morgan fingerprint density at radius 1 is 1.18 bits per heavy atom. The van der Waals surface area contributed by atoms with Crippen molar-refractivity contribution in [2.24, 2.45) is 17.8 Å². The van der Waals surface area contributed by atoms with Crippen LogP contribution in [0.5, 0.6) is 0 Å². The monoisotopic (exact) mass is 379 g/mol. The van der Waals surface area contributed by atoms with Crippen molar-refractivity contribution in [2.45, 2.75) is 50.1 Å². The summed E-state index contributed by atoms with van der Waals surface area (Å²) in [6, 6.07) is 10.6. The normalized spacial score (nSPS) is 36.0. The molecule has 1 amide bonds. The van der Waals surface area contributed by atoms with Crippen LogP contribution in [-0.2, 0) is 10.2 Å². The minimum Gasteiger partial charge on any atom is -0.395 e. The topological polar surface area (TPSA) is 74.2 Å². The van der Waals surface area contributed by atoms with Gasteiger partial charge in [0.05, 0.1) is 12.1 Å². The van der Waals surface area contributed by atoms with Crippen LogP contribution in [0, 0.1) is 17.8 Å². The first-order chi connectivity index (χ1) is 13.6. The van der Waals surface area contributed by atoms with Crippen LogP contribution in [0.4, 0.5) is 0 Å². The fraction of sp³-hybridized carbons (Fsp3) is 0.565. The highest BCUT2D eigenvalue weighted by Crippen LogP contribution is 2.64. The van der Waals surface area contributed by atoms with Crippen LogP contribution in [0.3, 0.4) is 0 Å². The smallest absolute Gasteiger partial charge is 0.218 e. The number of carbonyl (C=O) groups is 1. The number of aliphatic hydroxyl groups is 1. The first kappa shape index (κ1) is 18.1. The molecule has 6 rings (SSSR count). The lowest BCUT2D eigenvalue weighted by molar-refractivity contribution is -0.140. The zero-order valence-corrected chi connectivity index (χ0v) is 16.4. The summed E-state index contributed by atoms with van der Waals surface area (Å²) in [5, 5.41) is 17.9. The van der Waals surface area contributed by atoms with E-state index in [1.54, 1.807) is 6.92 Å². The fourth-order valence-corrected chi connectivity index (χ4v) is 7.10. The third kappa shape index (κ3) is 2.45. The maximum absolute atomic E-state index is 12.4. The van der Waals surface area contributed by atoms with Crippen molar-refractivity contribution in [1.82, 2.24) is 15.6 Å². The SMILES string of the molecule is CC(=O)N[C@]1(NCCO)C2CC3CC(C2)CC1(c1cccc2ncccc12)C3. The van der Waals surface area contributed by atoms with Crippen LogP contribution in [0.15, 0.2) is 36.5 Å². The Morgan fingerprint density at radius 3 is 2.68 bits per heavy atom. The van der Waals surface area contributed by atoms with Crippen LogP contribution >= 0.6 is 0 Å². The Bertz CT molecular complexity index is 894. The molecule has 1 aromatic heterocycles. The predicted molar refractivity (Wildman–Crippen MR) is 109 cm³/mol. The zero-order chi connectivity index (χ0) is 19.4. The van der Waals surface area contributed by atoms with E-state index < -0.39 is 5.66 Å². The van der Waals surface area contributed by atoms with Crippen molar-refractivity contribution in [3.8, 4) is 0 Å². The summed E-state index contributed by atoms with van der Waals surface area (Å²) in [6.45, 7) is 2.16.